The number of hydrogen-bond donors (Lipinski definition) is 1. The van der Waals surface area contributed by atoms with Crippen LogP contribution in [0.4, 0.5) is 0 Å². The second-order valence-electron chi connectivity index (χ2n) is 3.82. The number of carbonyl (C=O) groups excluding carboxylic acids is 1. The van der Waals surface area contributed by atoms with E-state index in [1.807, 2.05) is 30.3 Å². The number of ketones is 1. The highest BCUT2D eigenvalue weighted by atomic mass is 16.3. The number of hydrogen-bond acceptors (Lipinski definition) is 3. The highest BCUT2D eigenvalue weighted by Crippen LogP contribution is 2.33. The second kappa shape index (κ2) is 3.17. The van der Waals surface area contributed by atoms with E-state index in [0.29, 0.717) is 11.3 Å². The number of rotatable bonds is 0. The lowest BCUT2D eigenvalue weighted by Gasteiger charge is -2.06. The molecule has 1 N–H and O–H groups in total. The summed E-state index contributed by atoms with van der Waals surface area (Å²) >= 11 is 0. The summed E-state index contributed by atoms with van der Waals surface area (Å²) in [5, 5.41) is 9.40. The molecule has 3 aliphatic rings. The molecule has 3 nitrogen and oxygen atoms in total. The van der Waals surface area contributed by atoms with Gasteiger partial charge in [0, 0.05) is 11.6 Å². The Labute approximate surface area is 92.4 Å². The highest BCUT2D eigenvalue weighted by molar-refractivity contribution is 6.08. The minimum atomic E-state index is -0.0660. The van der Waals surface area contributed by atoms with E-state index in [1.54, 1.807) is 6.08 Å². The molecule has 0 amide bonds. The average molecular weight is 211 g/mol. The van der Waals surface area contributed by atoms with Gasteiger partial charge in [0.15, 0.2) is 5.78 Å². The maximum atomic E-state index is 11.8. The first-order chi connectivity index (χ1) is 7.75. The topological polar surface area (TPSA) is 50.2 Å². The largest absolute Gasteiger partial charge is 0.512 e. The van der Waals surface area contributed by atoms with Gasteiger partial charge in [-0.05, 0) is 6.07 Å². The van der Waals surface area contributed by atoms with Crippen LogP contribution in [0.3, 0.4) is 0 Å². The van der Waals surface area contributed by atoms with Crippen molar-refractivity contribution in [2.24, 2.45) is 0 Å². The zero-order chi connectivity index (χ0) is 11.1. The molecular weight excluding hydrogens is 202 g/mol. The zero-order valence-corrected chi connectivity index (χ0v) is 8.47. The third kappa shape index (κ3) is 1.21. The van der Waals surface area contributed by atoms with Crippen molar-refractivity contribution in [3.63, 3.8) is 0 Å². The number of aliphatic hydroxyl groups excluding tert-OH is 1. The van der Waals surface area contributed by atoms with Crippen LogP contribution in [0.5, 0.6) is 0 Å². The molecule has 3 heteroatoms. The van der Waals surface area contributed by atoms with Crippen LogP contribution < -0.4 is 0 Å². The summed E-state index contributed by atoms with van der Waals surface area (Å²) in [6.07, 6.45) is 1.64. The highest BCUT2D eigenvalue weighted by Gasteiger charge is 2.25. The Balaban J connectivity index is 2.36. The van der Waals surface area contributed by atoms with Crippen molar-refractivity contribution < 1.29 is 9.90 Å². The third-order valence-corrected chi connectivity index (χ3v) is 2.71. The Bertz CT molecular complexity index is 587. The zero-order valence-electron chi connectivity index (χ0n) is 8.47. The van der Waals surface area contributed by atoms with Crippen LogP contribution in [0.15, 0.2) is 36.1 Å². The van der Waals surface area contributed by atoms with E-state index in [4.69, 9.17) is 0 Å². The van der Waals surface area contributed by atoms with Gasteiger partial charge in [-0.2, -0.15) is 0 Å². The fourth-order valence-electron chi connectivity index (χ4n) is 2.03. The van der Waals surface area contributed by atoms with E-state index < -0.39 is 0 Å². The summed E-state index contributed by atoms with van der Waals surface area (Å²) in [5.41, 5.74) is 2.85. The average Bonchev–Trinajstić information content (AvgIpc) is 2.42. The first-order valence-corrected chi connectivity index (χ1v) is 5.07. The molecule has 0 saturated heterocycles. The van der Waals surface area contributed by atoms with Crippen LogP contribution in [-0.2, 0) is 0 Å². The molecule has 78 valence electrons. The van der Waals surface area contributed by atoms with Gasteiger partial charge in [0.1, 0.15) is 5.76 Å². The van der Waals surface area contributed by atoms with Crippen molar-refractivity contribution in [3.8, 4) is 11.3 Å². The maximum absolute atomic E-state index is 11.8. The smallest absolute Gasteiger partial charge is 0.173 e. The van der Waals surface area contributed by atoms with E-state index in [1.165, 1.54) is 0 Å². The van der Waals surface area contributed by atoms with Crippen LogP contribution in [0.25, 0.3) is 17.3 Å². The first-order valence-electron chi connectivity index (χ1n) is 5.07. The maximum Gasteiger partial charge on any atom is 0.173 e. The van der Waals surface area contributed by atoms with Gasteiger partial charge >= 0.3 is 0 Å². The molecule has 0 radical (unpaired) electrons. The van der Waals surface area contributed by atoms with Gasteiger partial charge in [0.25, 0.3) is 0 Å². The fraction of sp³-hybridized carbons (Fsp3) is 0.0769. The van der Waals surface area contributed by atoms with Crippen LogP contribution in [0, 0.1) is 0 Å². The van der Waals surface area contributed by atoms with Crippen molar-refractivity contribution in [2.75, 3.05) is 0 Å². The molecule has 3 rings (SSSR count). The molecule has 0 bridgehead atoms. The predicted octanol–water partition coefficient (Wildman–Crippen LogP) is 2.67. The molecular formula is C13H9NO2. The van der Waals surface area contributed by atoms with Crippen molar-refractivity contribution in [3.05, 3.63) is 47.3 Å². The molecule has 2 aliphatic carbocycles. The lowest BCUT2D eigenvalue weighted by molar-refractivity contribution is 0.0979. The molecule has 16 heavy (non-hydrogen) atoms. The van der Waals surface area contributed by atoms with E-state index in [9.17, 15) is 9.90 Å². The normalized spacial score (nSPS) is 14.8. The summed E-state index contributed by atoms with van der Waals surface area (Å²) in [6, 6.07) is 9.42. The van der Waals surface area contributed by atoms with Crippen molar-refractivity contribution in [1.82, 2.24) is 4.98 Å². The number of carbonyl (C=O) groups is 1. The number of allylic oxidation sites excluding steroid dienone is 1. The minimum Gasteiger partial charge on any atom is -0.512 e. The summed E-state index contributed by atoms with van der Waals surface area (Å²) in [6.45, 7) is 0. The molecule has 0 unspecified atom stereocenters. The Morgan fingerprint density at radius 2 is 2.00 bits per heavy atom. The molecule has 0 fully saturated rings. The Morgan fingerprint density at radius 3 is 2.88 bits per heavy atom. The lowest BCUT2D eigenvalue weighted by Crippen LogP contribution is -2.06. The van der Waals surface area contributed by atoms with Crippen LogP contribution in [0.2, 0.25) is 0 Å². The Morgan fingerprint density at radius 1 is 1.19 bits per heavy atom. The summed E-state index contributed by atoms with van der Waals surface area (Å²) in [7, 11) is 0. The van der Waals surface area contributed by atoms with E-state index in [0.717, 1.165) is 11.3 Å². The van der Waals surface area contributed by atoms with Gasteiger partial charge in [0.2, 0.25) is 0 Å². The summed E-state index contributed by atoms with van der Waals surface area (Å²) < 4.78 is 0. The fourth-order valence-corrected chi connectivity index (χ4v) is 2.03. The van der Waals surface area contributed by atoms with Crippen molar-refractivity contribution in [1.29, 1.82) is 0 Å². The van der Waals surface area contributed by atoms with E-state index in [2.05, 4.69) is 4.98 Å². The minimum absolute atomic E-state index is 0.0660. The number of nitrogens with zero attached hydrogens (tertiary/aromatic N) is 1. The summed E-state index contributed by atoms with van der Waals surface area (Å²) in [5.74, 6) is 0.0216. The molecule has 0 aromatic rings. The molecule has 0 spiro atoms. The molecule has 1 heterocycles. The van der Waals surface area contributed by atoms with E-state index >= 15 is 0 Å². The molecule has 0 aromatic heterocycles. The third-order valence-electron chi connectivity index (χ3n) is 2.71. The Hall–Kier alpha value is -2.16. The number of aromatic nitrogens is 1. The number of Topliss-reactive ketones (excluding diaryl/α,β-unsaturated/α-hetero) is 1. The summed E-state index contributed by atoms with van der Waals surface area (Å²) in [4.78, 5) is 16.2. The van der Waals surface area contributed by atoms with Crippen LogP contribution in [0.1, 0.15) is 22.5 Å². The van der Waals surface area contributed by atoms with E-state index in [-0.39, 0.29) is 18.0 Å². The van der Waals surface area contributed by atoms with Gasteiger partial charge in [-0.1, -0.05) is 24.3 Å². The molecule has 0 aromatic carbocycles. The van der Waals surface area contributed by atoms with Gasteiger partial charge in [-0.15, -0.1) is 0 Å². The van der Waals surface area contributed by atoms with Crippen LogP contribution >= 0.6 is 0 Å². The Kier molecular flexibility index (Phi) is 1.80. The monoisotopic (exact) mass is 211 g/mol. The number of fused-ring (bicyclic) bond motifs is 3. The van der Waals surface area contributed by atoms with Gasteiger partial charge in [0.05, 0.1) is 23.4 Å². The van der Waals surface area contributed by atoms with Crippen LogP contribution in [-0.4, -0.2) is 15.9 Å². The lowest BCUT2D eigenvalue weighted by atomic mass is 9.97. The molecule has 0 atom stereocenters. The molecule has 1 aliphatic heterocycles. The SMILES string of the molecule is O=C1CC(O)=Cc2nc3cccccc-3c21. The van der Waals surface area contributed by atoms with Crippen molar-refractivity contribution in [2.45, 2.75) is 6.42 Å². The first kappa shape index (κ1) is 9.09. The molecule has 0 saturated carbocycles. The van der Waals surface area contributed by atoms with Gasteiger partial charge in [-0.3, -0.25) is 4.79 Å². The standard InChI is InChI=1S/C13H9NO2/c15-8-6-11-13(12(16)7-8)9-4-2-1-3-5-10(9)14-11/h1-6,15H,7H2. The number of aliphatic hydroxyl groups is 1. The van der Waals surface area contributed by atoms with Crippen molar-refractivity contribution >= 4 is 11.9 Å². The quantitative estimate of drug-likeness (QED) is 0.728. The van der Waals surface area contributed by atoms with Gasteiger partial charge < -0.3 is 5.11 Å². The van der Waals surface area contributed by atoms with Gasteiger partial charge in [-0.25, -0.2) is 4.98 Å². The predicted molar refractivity (Wildman–Crippen MR) is 60.4 cm³/mol. The second-order valence-corrected chi connectivity index (χ2v) is 3.82.